The number of hydrogen-bond donors (Lipinski definition) is 3. The molecule has 0 aliphatic rings. The van der Waals surface area contributed by atoms with Gasteiger partial charge in [-0.25, -0.2) is 4.79 Å². The number of rotatable bonds is 10. The zero-order valence-electron chi connectivity index (χ0n) is 18.2. The highest BCUT2D eigenvalue weighted by Crippen LogP contribution is 2.24. The summed E-state index contributed by atoms with van der Waals surface area (Å²) in [7, 11) is 4.95. The fourth-order valence-electron chi connectivity index (χ4n) is 2.72. The number of ether oxygens (including phenoxy) is 3. The van der Waals surface area contributed by atoms with Crippen molar-refractivity contribution in [1.82, 2.24) is 16.0 Å². The number of carbonyl (C=O) groups is 1. The average molecular weight is 522 g/mol. The van der Waals surface area contributed by atoms with Crippen LogP contribution in [-0.4, -0.2) is 52.5 Å². The molecular formula is C20H35IN4O4. The second kappa shape index (κ2) is 15.0. The van der Waals surface area contributed by atoms with Crippen LogP contribution in [0.5, 0.6) is 11.5 Å². The third-order valence-corrected chi connectivity index (χ3v) is 4.03. The largest absolute Gasteiger partial charge is 0.497 e. The number of nitrogens with zero attached hydrogens (tertiary/aromatic N) is 1. The smallest absolute Gasteiger partial charge is 0.407 e. The van der Waals surface area contributed by atoms with Crippen LogP contribution in [0.4, 0.5) is 4.79 Å². The fourth-order valence-corrected chi connectivity index (χ4v) is 2.72. The topological polar surface area (TPSA) is 93.2 Å². The first kappa shape index (κ1) is 27.1. The number of nitrogens with one attached hydrogen (secondary N) is 3. The normalized spacial score (nSPS) is 11.9. The third-order valence-electron chi connectivity index (χ3n) is 4.03. The Bertz CT molecular complexity index is 641. The molecule has 0 spiro atoms. The van der Waals surface area contributed by atoms with Gasteiger partial charge in [-0.2, -0.15) is 0 Å². The van der Waals surface area contributed by atoms with E-state index in [4.69, 9.17) is 14.2 Å². The zero-order chi connectivity index (χ0) is 20.9. The van der Waals surface area contributed by atoms with Crippen LogP contribution in [0.3, 0.4) is 0 Å². The Morgan fingerprint density at radius 1 is 1.17 bits per heavy atom. The summed E-state index contributed by atoms with van der Waals surface area (Å²) < 4.78 is 15.6. The van der Waals surface area contributed by atoms with Crippen molar-refractivity contribution in [2.45, 2.75) is 39.8 Å². The van der Waals surface area contributed by atoms with Crippen molar-refractivity contribution >= 4 is 36.0 Å². The minimum absolute atomic E-state index is 0. The summed E-state index contributed by atoms with van der Waals surface area (Å²) in [5.41, 5.74) is 0.981. The Labute approximate surface area is 191 Å². The summed E-state index contributed by atoms with van der Waals surface area (Å²) in [5, 5.41) is 9.41. The van der Waals surface area contributed by atoms with Crippen LogP contribution >= 0.6 is 24.0 Å². The quantitative estimate of drug-likeness (QED) is 0.249. The van der Waals surface area contributed by atoms with E-state index >= 15 is 0 Å². The number of benzene rings is 1. The number of alkyl carbamates (subject to hydrolysis) is 1. The molecule has 3 N–H and O–H groups in total. The SMILES string of the molecule is CCOC(=O)NC(CNC(=NC)NCc1ccc(OC)cc1OC)CC(C)C.I. The van der Waals surface area contributed by atoms with E-state index in [0.717, 1.165) is 23.5 Å². The molecule has 0 aromatic heterocycles. The Morgan fingerprint density at radius 3 is 2.45 bits per heavy atom. The van der Waals surface area contributed by atoms with Gasteiger partial charge < -0.3 is 30.2 Å². The number of aliphatic imine (C=N–C) groups is 1. The molecule has 9 heteroatoms. The molecule has 1 unspecified atom stereocenters. The maximum Gasteiger partial charge on any atom is 0.407 e. The summed E-state index contributed by atoms with van der Waals surface area (Å²) in [4.78, 5) is 16.0. The second-order valence-electron chi connectivity index (χ2n) is 6.68. The lowest BCUT2D eigenvalue weighted by atomic mass is 10.0. The predicted octanol–water partition coefficient (Wildman–Crippen LogP) is 3.15. The number of carbonyl (C=O) groups excluding carboxylic acids is 1. The molecular weight excluding hydrogens is 487 g/mol. The van der Waals surface area contributed by atoms with Gasteiger partial charge in [0.15, 0.2) is 5.96 Å². The van der Waals surface area contributed by atoms with Gasteiger partial charge in [0, 0.05) is 37.8 Å². The molecule has 1 amide bonds. The van der Waals surface area contributed by atoms with Crippen LogP contribution in [-0.2, 0) is 11.3 Å². The van der Waals surface area contributed by atoms with Crippen molar-refractivity contribution in [1.29, 1.82) is 0 Å². The second-order valence-corrected chi connectivity index (χ2v) is 6.68. The van der Waals surface area contributed by atoms with E-state index in [1.54, 1.807) is 28.2 Å². The number of guanidine groups is 1. The maximum atomic E-state index is 11.8. The maximum absolute atomic E-state index is 11.8. The van der Waals surface area contributed by atoms with Gasteiger partial charge >= 0.3 is 6.09 Å². The highest BCUT2D eigenvalue weighted by molar-refractivity contribution is 14.0. The van der Waals surface area contributed by atoms with Gasteiger partial charge in [-0.3, -0.25) is 4.99 Å². The molecule has 8 nitrogen and oxygen atoms in total. The minimum Gasteiger partial charge on any atom is -0.497 e. The standard InChI is InChI=1S/C20H34N4O4.HI/c1-7-28-20(25)24-16(10-14(2)3)13-23-19(21-4)22-12-15-8-9-17(26-5)11-18(15)27-6;/h8-9,11,14,16H,7,10,12-13H2,1-6H3,(H,24,25)(H2,21,22,23);1H. The van der Waals surface area contributed by atoms with Gasteiger partial charge in [0.1, 0.15) is 11.5 Å². The molecule has 0 heterocycles. The van der Waals surface area contributed by atoms with Crippen molar-refractivity contribution in [3.63, 3.8) is 0 Å². The molecule has 1 aromatic rings. The predicted molar refractivity (Wildman–Crippen MR) is 127 cm³/mol. The molecule has 29 heavy (non-hydrogen) atoms. The number of methoxy groups -OCH3 is 2. The first-order chi connectivity index (χ1) is 13.4. The Balaban J connectivity index is 0.00000784. The van der Waals surface area contributed by atoms with Crippen molar-refractivity contribution < 1.29 is 19.0 Å². The van der Waals surface area contributed by atoms with E-state index in [0.29, 0.717) is 31.6 Å². The van der Waals surface area contributed by atoms with E-state index in [1.165, 1.54) is 0 Å². The lowest BCUT2D eigenvalue weighted by Crippen LogP contribution is -2.47. The summed E-state index contributed by atoms with van der Waals surface area (Å²) in [5.74, 6) is 2.55. The fraction of sp³-hybridized carbons (Fsp3) is 0.600. The summed E-state index contributed by atoms with van der Waals surface area (Å²) in [6.07, 6.45) is 0.427. The first-order valence-corrected chi connectivity index (χ1v) is 9.52. The van der Waals surface area contributed by atoms with Gasteiger partial charge in [-0.1, -0.05) is 13.8 Å². The molecule has 1 aromatic carbocycles. The Hall–Kier alpha value is -1.91. The summed E-state index contributed by atoms with van der Waals surface area (Å²) in [6.45, 7) is 7.43. The van der Waals surface area contributed by atoms with Crippen LogP contribution in [0.1, 0.15) is 32.8 Å². The van der Waals surface area contributed by atoms with E-state index in [1.807, 2.05) is 18.2 Å². The van der Waals surface area contributed by atoms with Gasteiger partial charge in [-0.15, -0.1) is 24.0 Å². The molecule has 1 atom stereocenters. The molecule has 0 saturated carbocycles. The third kappa shape index (κ3) is 10.4. The van der Waals surface area contributed by atoms with Crippen molar-refractivity contribution in [2.24, 2.45) is 10.9 Å². The molecule has 0 fully saturated rings. The van der Waals surface area contributed by atoms with Crippen LogP contribution in [0.25, 0.3) is 0 Å². The Morgan fingerprint density at radius 2 is 1.90 bits per heavy atom. The van der Waals surface area contributed by atoms with Crippen molar-refractivity contribution in [3.05, 3.63) is 23.8 Å². The number of halogens is 1. The molecule has 1 rings (SSSR count). The van der Waals surface area contributed by atoms with Gasteiger partial charge in [0.05, 0.1) is 20.8 Å². The first-order valence-electron chi connectivity index (χ1n) is 9.52. The van der Waals surface area contributed by atoms with E-state index < -0.39 is 6.09 Å². The minimum atomic E-state index is -0.402. The molecule has 0 aliphatic carbocycles. The lowest BCUT2D eigenvalue weighted by molar-refractivity contribution is 0.146. The van der Waals surface area contributed by atoms with Crippen LogP contribution in [0, 0.1) is 5.92 Å². The summed E-state index contributed by atoms with van der Waals surface area (Å²) >= 11 is 0. The van der Waals surface area contributed by atoms with Crippen LogP contribution in [0.2, 0.25) is 0 Å². The molecule has 0 saturated heterocycles. The van der Waals surface area contributed by atoms with Crippen LogP contribution < -0.4 is 25.4 Å². The average Bonchev–Trinajstić information content (AvgIpc) is 2.67. The monoisotopic (exact) mass is 522 g/mol. The summed E-state index contributed by atoms with van der Waals surface area (Å²) in [6, 6.07) is 5.61. The Kier molecular flexibility index (Phi) is 14.0. The number of amides is 1. The number of hydrogen-bond acceptors (Lipinski definition) is 5. The van der Waals surface area contributed by atoms with E-state index in [-0.39, 0.29) is 30.0 Å². The van der Waals surface area contributed by atoms with E-state index in [2.05, 4.69) is 34.8 Å². The molecule has 0 bridgehead atoms. The molecule has 0 radical (unpaired) electrons. The van der Waals surface area contributed by atoms with Crippen LogP contribution in [0.15, 0.2) is 23.2 Å². The highest BCUT2D eigenvalue weighted by Gasteiger charge is 2.15. The molecule has 0 aliphatic heterocycles. The van der Waals surface area contributed by atoms with Gasteiger partial charge in [0.25, 0.3) is 0 Å². The van der Waals surface area contributed by atoms with Gasteiger partial charge in [0.2, 0.25) is 0 Å². The van der Waals surface area contributed by atoms with Gasteiger partial charge in [-0.05, 0) is 31.4 Å². The molecule has 166 valence electrons. The lowest BCUT2D eigenvalue weighted by Gasteiger charge is -2.22. The van der Waals surface area contributed by atoms with Crippen molar-refractivity contribution in [2.75, 3.05) is 34.4 Å². The highest BCUT2D eigenvalue weighted by atomic mass is 127. The zero-order valence-corrected chi connectivity index (χ0v) is 20.5. The van der Waals surface area contributed by atoms with Crippen molar-refractivity contribution in [3.8, 4) is 11.5 Å². The van der Waals surface area contributed by atoms with E-state index in [9.17, 15) is 4.79 Å².